The molecule has 0 aliphatic carbocycles. The van der Waals surface area contributed by atoms with Crippen LogP contribution in [0.3, 0.4) is 0 Å². The van der Waals surface area contributed by atoms with Gasteiger partial charge in [-0.15, -0.1) is 11.6 Å². The van der Waals surface area contributed by atoms with Crippen molar-refractivity contribution in [2.75, 3.05) is 19.0 Å². The highest BCUT2D eigenvalue weighted by Gasteiger charge is 2.15. The molecule has 0 heterocycles. The van der Waals surface area contributed by atoms with Crippen molar-refractivity contribution < 1.29 is 4.79 Å². The molecule has 0 unspecified atom stereocenters. The van der Waals surface area contributed by atoms with E-state index in [9.17, 15) is 4.79 Å². The zero-order valence-electron chi connectivity index (χ0n) is 10.9. The van der Waals surface area contributed by atoms with Crippen LogP contribution in [0.1, 0.15) is 35.7 Å². The van der Waals surface area contributed by atoms with Crippen LogP contribution in [-0.4, -0.2) is 29.8 Å². The molecule has 4 heteroatoms. The van der Waals surface area contributed by atoms with Crippen LogP contribution >= 0.6 is 27.5 Å². The average molecular weight is 333 g/mol. The lowest BCUT2D eigenvalue weighted by Crippen LogP contribution is -2.33. The number of aryl methyl sites for hydroxylation is 1. The standard InChI is InChI=1S/C14H19BrClNO/c1-3-4-8-17(9-7-16)14(18)12-5-6-13(15)11(2)10-12/h5-6,10H,3-4,7-9H2,1-2H3. The summed E-state index contributed by atoms with van der Waals surface area (Å²) in [6.45, 7) is 5.48. The highest BCUT2D eigenvalue weighted by molar-refractivity contribution is 9.10. The van der Waals surface area contributed by atoms with Crippen molar-refractivity contribution in [1.82, 2.24) is 4.90 Å². The Labute approximate surface area is 122 Å². The van der Waals surface area contributed by atoms with Crippen LogP contribution in [0, 0.1) is 6.92 Å². The van der Waals surface area contributed by atoms with E-state index in [-0.39, 0.29) is 5.91 Å². The van der Waals surface area contributed by atoms with Crippen LogP contribution in [0.2, 0.25) is 0 Å². The molecule has 0 spiro atoms. The summed E-state index contributed by atoms with van der Waals surface area (Å²) < 4.78 is 1.02. The molecule has 2 nitrogen and oxygen atoms in total. The minimum Gasteiger partial charge on any atom is -0.337 e. The number of hydrogen-bond donors (Lipinski definition) is 0. The number of halogens is 2. The fourth-order valence-electron chi connectivity index (χ4n) is 1.73. The molecule has 18 heavy (non-hydrogen) atoms. The molecule has 0 saturated heterocycles. The number of carbonyl (C=O) groups excluding carboxylic acids is 1. The molecule has 1 rings (SSSR count). The Morgan fingerprint density at radius 3 is 2.67 bits per heavy atom. The van der Waals surface area contributed by atoms with E-state index in [0.717, 1.165) is 35.0 Å². The summed E-state index contributed by atoms with van der Waals surface area (Å²) in [5.41, 5.74) is 1.80. The van der Waals surface area contributed by atoms with Gasteiger partial charge in [-0.3, -0.25) is 4.79 Å². The Hall–Kier alpha value is -0.540. The van der Waals surface area contributed by atoms with E-state index in [0.29, 0.717) is 12.4 Å². The lowest BCUT2D eigenvalue weighted by atomic mass is 10.1. The van der Waals surface area contributed by atoms with Gasteiger partial charge in [-0.1, -0.05) is 29.3 Å². The SMILES string of the molecule is CCCCN(CCCl)C(=O)c1ccc(Br)c(C)c1. The van der Waals surface area contributed by atoms with Gasteiger partial charge in [-0.05, 0) is 37.1 Å². The van der Waals surface area contributed by atoms with Crippen LogP contribution in [0.4, 0.5) is 0 Å². The minimum absolute atomic E-state index is 0.0692. The maximum Gasteiger partial charge on any atom is 0.253 e. The van der Waals surface area contributed by atoms with Crippen LogP contribution in [0.5, 0.6) is 0 Å². The van der Waals surface area contributed by atoms with E-state index in [1.165, 1.54) is 0 Å². The molecule has 100 valence electrons. The fourth-order valence-corrected chi connectivity index (χ4v) is 2.18. The van der Waals surface area contributed by atoms with Gasteiger partial charge in [0.2, 0.25) is 0 Å². The number of hydrogen-bond acceptors (Lipinski definition) is 1. The van der Waals surface area contributed by atoms with E-state index in [2.05, 4.69) is 22.9 Å². The van der Waals surface area contributed by atoms with E-state index in [4.69, 9.17) is 11.6 Å². The summed E-state index contributed by atoms with van der Waals surface area (Å²) in [5.74, 6) is 0.546. The molecule has 0 atom stereocenters. The van der Waals surface area contributed by atoms with Gasteiger partial charge in [-0.25, -0.2) is 0 Å². The van der Waals surface area contributed by atoms with Crippen molar-refractivity contribution >= 4 is 33.4 Å². The largest absolute Gasteiger partial charge is 0.337 e. The number of rotatable bonds is 6. The van der Waals surface area contributed by atoms with E-state index in [1.54, 1.807) is 0 Å². The van der Waals surface area contributed by atoms with Gasteiger partial charge in [0.1, 0.15) is 0 Å². The normalized spacial score (nSPS) is 10.4. The second kappa shape index (κ2) is 7.80. The summed E-state index contributed by atoms with van der Waals surface area (Å²) in [7, 11) is 0. The lowest BCUT2D eigenvalue weighted by Gasteiger charge is -2.21. The average Bonchev–Trinajstić information content (AvgIpc) is 2.37. The quantitative estimate of drug-likeness (QED) is 0.714. The first-order valence-corrected chi connectivity index (χ1v) is 7.54. The molecule has 1 amide bonds. The maximum absolute atomic E-state index is 12.4. The number of carbonyl (C=O) groups is 1. The molecule has 0 aromatic heterocycles. The highest BCUT2D eigenvalue weighted by atomic mass is 79.9. The van der Waals surface area contributed by atoms with Gasteiger partial charge in [0.25, 0.3) is 5.91 Å². The van der Waals surface area contributed by atoms with Crippen molar-refractivity contribution in [2.45, 2.75) is 26.7 Å². The zero-order valence-corrected chi connectivity index (χ0v) is 13.2. The molecule has 0 fully saturated rings. The first-order valence-electron chi connectivity index (χ1n) is 6.21. The first kappa shape index (κ1) is 15.5. The molecular weight excluding hydrogens is 314 g/mol. The number of benzene rings is 1. The number of nitrogens with zero attached hydrogens (tertiary/aromatic N) is 1. The van der Waals surface area contributed by atoms with Crippen molar-refractivity contribution in [3.8, 4) is 0 Å². The Kier molecular flexibility index (Phi) is 6.72. The lowest BCUT2D eigenvalue weighted by molar-refractivity contribution is 0.0763. The molecular formula is C14H19BrClNO. The van der Waals surface area contributed by atoms with Crippen LogP contribution in [-0.2, 0) is 0 Å². The zero-order chi connectivity index (χ0) is 13.5. The molecule has 0 saturated carbocycles. The second-order valence-electron chi connectivity index (χ2n) is 4.30. The predicted octanol–water partition coefficient (Wildman–Crippen LogP) is 4.24. The van der Waals surface area contributed by atoms with Gasteiger partial charge in [0.15, 0.2) is 0 Å². The summed E-state index contributed by atoms with van der Waals surface area (Å²) in [4.78, 5) is 14.2. The Balaban J connectivity index is 2.83. The second-order valence-corrected chi connectivity index (χ2v) is 5.53. The molecule has 1 aromatic rings. The maximum atomic E-state index is 12.4. The van der Waals surface area contributed by atoms with Crippen molar-refractivity contribution in [2.24, 2.45) is 0 Å². The first-order chi connectivity index (χ1) is 8.60. The Bertz CT molecular complexity index is 409. The van der Waals surface area contributed by atoms with Crippen LogP contribution < -0.4 is 0 Å². The van der Waals surface area contributed by atoms with Crippen LogP contribution in [0.25, 0.3) is 0 Å². The fraction of sp³-hybridized carbons (Fsp3) is 0.500. The molecule has 0 radical (unpaired) electrons. The molecule has 1 aromatic carbocycles. The molecule has 0 N–H and O–H groups in total. The number of alkyl halides is 1. The topological polar surface area (TPSA) is 20.3 Å². The summed E-state index contributed by atoms with van der Waals surface area (Å²) in [5, 5.41) is 0. The highest BCUT2D eigenvalue weighted by Crippen LogP contribution is 2.18. The molecule has 0 bridgehead atoms. The van der Waals surface area contributed by atoms with Gasteiger partial charge < -0.3 is 4.90 Å². The third kappa shape index (κ3) is 4.29. The van der Waals surface area contributed by atoms with E-state index < -0.39 is 0 Å². The van der Waals surface area contributed by atoms with Gasteiger partial charge in [0, 0.05) is 29.0 Å². The summed E-state index contributed by atoms with van der Waals surface area (Å²) >= 11 is 9.20. The van der Waals surface area contributed by atoms with Crippen LogP contribution in [0.15, 0.2) is 22.7 Å². The number of unbranched alkanes of at least 4 members (excludes halogenated alkanes) is 1. The summed E-state index contributed by atoms with van der Waals surface area (Å²) in [6, 6.07) is 5.69. The molecule has 0 aliphatic rings. The van der Waals surface area contributed by atoms with Crippen molar-refractivity contribution in [3.63, 3.8) is 0 Å². The Morgan fingerprint density at radius 1 is 1.39 bits per heavy atom. The smallest absolute Gasteiger partial charge is 0.253 e. The molecule has 0 aliphatic heterocycles. The van der Waals surface area contributed by atoms with Crippen molar-refractivity contribution in [1.29, 1.82) is 0 Å². The monoisotopic (exact) mass is 331 g/mol. The minimum atomic E-state index is 0.0692. The van der Waals surface area contributed by atoms with Gasteiger partial charge >= 0.3 is 0 Å². The van der Waals surface area contributed by atoms with E-state index in [1.807, 2.05) is 30.0 Å². The third-order valence-corrected chi connectivity index (χ3v) is 3.89. The third-order valence-electron chi connectivity index (χ3n) is 2.83. The predicted molar refractivity (Wildman–Crippen MR) is 80.4 cm³/mol. The van der Waals surface area contributed by atoms with E-state index >= 15 is 0 Å². The number of amides is 1. The van der Waals surface area contributed by atoms with Crippen molar-refractivity contribution in [3.05, 3.63) is 33.8 Å². The Morgan fingerprint density at radius 2 is 2.11 bits per heavy atom. The summed E-state index contributed by atoms with van der Waals surface area (Å²) in [6.07, 6.45) is 2.09. The van der Waals surface area contributed by atoms with Gasteiger partial charge in [0.05, 0.1) is 0 Å². The van der Waals surface area contributed by atoms with Gasteiger partial charge in [-0.2, -0.15) is 0 Å².